The molecule has 1 aliphatic rings. The van der Waals surface area contributed by atoms with Crippen molar-refractivity contribution in [1.29, 1.82) is 0 Å². The van der Waals surface area contributed by atoms with E-state index in [9.17, 15) is 0 Å². The van der Waals surface area contributed by atoms with Gasteiger partial charge in [-0.15, -0.1) is 0 Å². The lowest BCUT2D eigenvalue weighted by Gasteiger charge is -2.41. The molecule has 0 radical (unpaired) electrons. The van der Waals surface area contributed by atoms with E-state index in [1.165, 1.54) is 27.1 Å². The van der Waals surface area contributed by atoms with E-state index >= 15 is 0 Å². The third-order valence-electron chi connectivity index (χ3n) is 6.59. The fraction of sp³-hybridized carbons (Fsp3) is 0.226. The Bertz CT molecular complexity index is 1230. The molecule has 2 nitrogen and oxygen atoms in total. The van der Waals surface area contributed by atoms with Crippen LogP contribution < -0.4 is 0 Å². The lowest BCUT2D eigenvalue weighted by Crippen LogP contribution is -2.50. The van der Waals surface area contributed by atoms with Gasteiger partial charge in [0.15, 0.2) is 0 Å². The second-order valence-electron chi connectivity index (χ2n) is 9.30. The molecule has 1 heterocycles. The first kappa shape index (κ1) is 24.1. The smallest absolute Gasteiger partial charge is 0.0484 e. The molecule has 178 valence electrons. The minimum absolute atomic E-state index is 0.460. The lowest BCUT2D eigenvalue weighted by atomic mass is 10.0. The Morgan fingerprint density at radius 1 is 0.800 bits per heavy atom. The van der Waals surface area contributed by atoms with Crippen molar-refractivity contribution in [3.8, 4) is 11.1 Å². The summed E-state index contributed by atoms with van der Waals surface area (Å²) < 4.78 is 2.58. The van der Waals surface area contributed by atoms with Gasteiger partial charge in [-0.3, -0.25) is 4.90 Å². The van der Waals surface area contributed by atoms with E-state index in [2.05, 4.69) is 113 Å². The van der Waals surface area contributed by atoms with Crippen molar-refractivity contribution in [2.24, 2.45) is 0 Å². The van der Waals surface area contributed by atoms with E-state index in [1.54, 1.807) is 0 Å². The van der Waals surface area contributed by atoms with E-state index < -0.39 is 0 Å². The fourth-order valence-corrected chi connectivity index (χ4v) is 5.98. The summed E-state index contributed by atoms with van der Waals surface area (Å²) in [5, 5.41) is 0.805. The Morgan fingerprint density at radius 3 is 2.26 bits per heavy atom. The van der Waals surface area contributed by atoms with Crippen molar-refractivity contribution >= 4 is 23.5 Å². The van der Waals surface area contributed by atoms with E-state index in [0.29, 0.717) is 6.04 Å². The summed E-state index contributed by atoms with van der Waals surface area (Å²) in [5.41, 5.74) is 6.25. The van der Waals surface area contributed by atoms with Crippen molar-refractivity contribution in [2.75, 3.05) is 19.6 Å². The van der Waals surface area contributed by atoms with Gasteiger partial charge in [0.05, 0.1) is 0 Å². The zero-order chi connectivity index (χ0) is 24.0. The summed E-state index contributed by atoms with van der Waals surface area (Å²) in [6.07, 6.45) is 1.06. The van der Waals surface area contributed by atoms with Crippen LogP contribution in [0.1, 0.15) is 16.7 Å². The third kappa shape index (κ3) is 6.36. The van der Waals surface area contributed by atoms with Crippen LogP contribution in [0.25, 0.3) is 11.1 Å². The van der Waals surface area contributed by atoms with Crippen molar-refractivity contribution in [3.63, 3.8) is 0 Å². The average Bonchev–Trinajstić information content (AvgIpc) is 2.89. The molecule has 0 amide bonds. The van der Waals surface area contributed by atoms with Crippen LogP contribution in [0.4, 0.5) is 0 Å². The highest BCUT2D eigenvalue weighted by atomic mass is 35.5. The molecule has 35 heavy (non-hydrogen) atoms. The highest BCUT2D eigenvalue weighted by Gasteiger charge is 2.28. The normalized spacial score (nSPS) is 16.9. The average molecular weight is 499 g/mol. The molecule has 0 aromatic heterocycles. The molecule has 1 aliphatic heterocycles. The van der Waals surface area contributed by atoms with Gasteiger partial charge in [-0.25, -0.2) is 4.31 Å². The van der Waals surface area contributed by atoms with Gasteiger partial charge >= 0.3 is 0 Å². The first-order chi connectivity index (χ1) is 17.1. The van der Waals surface area contributed by atoms with E-state index in [0.717, 1.165) is 43.2 Å². The van der Waals surface area contributed by atoms with Gasteiger partial charge in [-0.05, 0) is 66.2 Å². The summed E-state index contributed by atoms with van der Waals surface area (Å²) in [5.74, 6) is 0. The molecule has 1 fully saturated rings. The van der Waals surface area contributed by atoms with E-state index in [1.807, 2.05) is 18.0 Å². The van der Waals surface area contributed by atoms with Gasteiger partial charge in [0.2, 0.25) is 0 Å². The monoisotopic (exact) mass is 498 g/mol. The Labute approximate surface area is 218 Å². The molecule has 0 unspecified atom stereocenters. The summed E-state index contributed by atoms with van der Waals surface area (Å²) in [6, 6.07) is 37.2. The molecule has 4 aromatic rings. The standard InChI is InChI=1S/C31H31ClN2S/c1-24-12-17-31(32)30(20-24)27-15-13-26(14-16-27)22-33-18-19-34(35-29-10-6-3-7-11-29)28(23-33)21-25-8-4-2-5-9-25/h2-17,20,28H,18-19,21-23H2,1H3/t28-/m0/s1. The number of rotatable bonds is 7. The van der Waals surface area contributed by atoms with Crippen LogP contribution in [0.2, 0.25) is 5.02 Å². The molecule has 0 bridgehead atoms. The first-order valence-electron chi connectivity index (χ1n) is 12.3. The fourth-order valence-electron chi connectivity index (χ4n) is 4.74. The van der Waals surface area contributed by atoms with E-state index in [4.69, 9.17) is 11.6 Å². The van der Waals surface area contributed by atoms with Gasteiger partial charge in [-0.2, -0.15) is 0 Å². The number of hydrogen-bond donors (Lipinski definition) is 0. The number of hydrogen-bond acceptors (Lipinski definition) is 3. The number of benzene rings is 4. The second kappa shape index (κ2) is 11.5. The van der Waals surface area contributed by atoms with Crippen LogP contribution in [0, 0.1) is 6.92 Å². The maximum absolute atomic E-state index is 6.47. The highest BCUT2D eigenvalue weighted by molar-refractivity contribution is 7.97. The van der Waals surface area contributed by atoms with Crippen molar-refractivity contribution in [3.05, 3.63) is 125 Å². The molecule has 4 aromatic carbocycles. The molecule has 1 saturated heterocycles. The predicted octanol–water partition coefficient (Wildman–Crippen LogP) is 7.75. The maximum Gasteiger partial charge on any atom is 0.0484 e. The van der Waals surface area contributed by atoms with Crippen LogP contribution >= 0.6 is 23.5 Å². The minimum atomic E-state index is 0.460. The van der Waals surface area contributed by atoms with Crippen LogP contribution in [0.5, 0.6) is 0 Å². The van der Waals surface area contributed by atoms with Gasteiger partial charge in [-0.1, -0.05) is 96.0 Å². The van der Waals surface area contributed by atoms with Crippen molar-refractivity contribution in [2.45, 2.75) is 30.8 Å². The molecule has 0 spiro atoms. The molecule has 1 atom stereocenters. The van der Waals surface area contributed by atoms with Crippen LogP contribution in [-0.2, 0) is 13.0 Å². The van der Waals surface area contributed by atoms with Crippen LogP contribution in [0.15, 0.2) is 108 Å². The zero-order valence-corrected chi connectivity index (χ0v) is 21.7. The quantitative estimate of drug-likeness (QED) is 0.240. The Morgan fingerprint density at radius 2 is 1.51 bits per heavy atom. The molecule has 5 rings (SSSR count). The topological polar surface area (TPSA) is 6.48 Å². The SMILES string of the molecule is Cc1ccc(Cl)c(-c2ccc(CN3CCN(Sc4ccccc4)[C@@H](Cc4ccccc4)C3)cc2)c1. The summed E-state index contributed by atoms with van der Waals surface area (Å²) in [7, 11) is 0. The molecule has 0 saturated carbocycles. The molecular weight excluding hydrogens is 468 g/mol. The lowest BCUT2D eigenvalue weighted by molar-refractivity contribution is 0.137. The van der Waals surface area contributed by atoms with Gasteiger partial charge in [0.1, 0.15) is 0 Å². The number of nitrogens with zero attached hydrogens (tertiary/aromatic N) is 2. The molecule has 4 heteroatoms. The summed E-state index contributed by atoms with van der Waals surface area (Å²) in [4.78, 5) is 3.91. The number of aryl methyl sites for hydroxylation is 1. The van der Waals surface area contributed by atoms with Crippen molar-refractivity contribution < 1.29 is 0 Å². The number of halogens is 1. The summed E-state index contributed by atoms with van der Waals surface area (Å²) in [6.45, 7) is 6.25. The number of piperazine rings is 1. The predicted molar refractivity (Wildman–Crippen MR) is 150 cm³/mol. The Balaban J connectivity index is 1.28. The second-order valence-corrected chi connectivity index (χ2v) is 10.8. The zero-order valence-electron chi connectivity index (χ0n) is 20.1. The van der Waals surface area contributed by atoms with Gasteiger partial charge in [0, 0.05) is 47.7 Å². The Kier molecular flexibility index (Phi) is 7.90. The van der Waals surface area contributed by atoms with Crippen LogP contribution in [0.3, 0.4) is 0 Å². The van der Waals surface area contributed by atoms with Gasteiger partial charge in [0.25, 0.3) is 0 Å². The largest absolute Gasteiger partial charge is 0.296 e. The third-order valence-corrected chi connectivity index (χ3v) is 8.11. The highest BCUT2D eigenvalue weighted by Crippen LogP contribution is 2.31. The van der Waals surface area contributed by atoms with Crippen LogP contribution in [-0.4, -0.2) is 34.9 Å². The molecule has 0 N–H and O–H groups in total. The minimum Gasteiger partial charge on any atom is -0.296 e. The molecular formula is C31H31ClN2S. The summed E-state index contributed by atoms with van der Waals surface area (Å²) >= 11 is 8.36. The Hall–Kier alpha value is -2.56. The van der Waals surface area contributed by atoms with Gasteiger partial charge < -0.3 is 0 Å². The maximum atomic E-state index is 6.47. The molecule has 0 aliphatic carbocycles. The van der Waals surface area contributed by atoms with Crippen molar-refractivity contribution in [1.82, 2.24) is 9.21 Å². The first-order valence-corrected chi connectivity index (χ1v) is 13.4. The van der Waals surface area contributed by atoms with E-state index in [-0.39, 0.29) is 0 Å².